The van der Waals surface area contributed by atoms with Crippen molar-refractivity contribution in [1.29, 1.82) is 0 Å². The molecule has 16 heavy (non-hydrogen) atoms. The van der Waals surface area contributed by atoms with Crippen LogP contribution in [-0.4, -0.2) is 43.3 Å². The minimum absolute atomic E-state index is 0.190. The predicted molar refractivity (Wildman–Crippen MR) is 68.6 cm³/mol. The number of ether oxygens (including phenoxy) is 1. The van der Waals surface area contributed by atoms with E-state index in [4.69, 9.17) is 10.5 Å². The number of nitrogens with two attached hydrogens (primary N) is 1. The first kappa shape index (κ1) is 13.9. The largest absolute Gasteiger partial charge is 0.380 e. The van der Waals surface area contributed by atoms with Gasteiger partial charge in [-0.05, 0) is 19.3 Å². The van der Waals surface area contributed by atoms with E-state index in [1.807, 2.05) is 0 Å². The lowest BCUT2D eigenvalue weighted by molar-refractivity contribution is 0.00855. The summed E-state index contributed by atoms with van der Waals surface area (Å²) in [5, 5.41) is 0. The van der Waals surface area contributed by atoms with E-state index >= 15 is 0 Å². The fourth-order valence-corrected chi connectivity index (χ4v) is 2.79. The molecule has 0 radical (unpaired) electrons. The van der Waals surface area contributed by atoms with Crippen molar-refractivity contribution < 1.29 is 4.74 Å². The number of hydrogen-bond acceptors (Lipinski definition) is 3. The number of likely N-dealkylation sites (tertiary alicyclic amines) is 1. The molecule has 1 aliphatic heterocycles. The van der Waals surface area contributed by atoms with Gasteiger partial charge in [-0.25, -0.2) is 0 Å². The number of rotatable bonds is 6. The molecule has 2 N–H and O–H groups in total. The summed E-state index contributed by atoms with van der Waals surface area (Å²) < 4.78 is 5.40. The highest BCUT2D eigenvalue weighted by atomic mass is 16.5. The van der Waals surface area contributed by atoms with Gasteiger partial charge < -0.3 is 10.5 Å². The molecule has 1 saturated heterocycles. The van der Waals surface area contributed by atoms with Crippen LogP contribution in [0, 0.1) is 0 Å². The van der Waals surface area contributed by atoms with Gasteiger partial charge in [-0.15, -0.1) is 0 Å². The Morgan fingerprint density at radius 3 is 2.38 bits per heavy atom. The Bertz CT molecular complexity index is 181. The van der Waals surface area contributed by atoms with Crippen LogP contribution < -0.4 is 5.73 Å². The number of methoxy groups -OCH3 is 1. The molecular weight excluding hydrogens is 200 g/mol. The van der Waals surface area contributed by atoms with Crippen molar-refractivity contribution in [1.82, 2.24) is 4.90 Å². The highest BCUT2D eigenvalue weighted by molar-refractivity contribution is 4.86. The van der Waals surface area contributed by atoms with Crippen LogP contribution in [-0.2, 0) is 4.74 Å². The maximum atomic E-state index is 6.14. The minimum atomic E-state index is 0.190. The van der Waals surface area contributed by atoms with Crippen LogP contribution in [0.15, 0.2) is 0 Å². The average molecular weight is 228 g/mol. The van der Waals surface area contributed by atoms with E-state index in [1.54, 1.807) is 7.11 Å². The summed E-state index contributed by atoms with van der Waals surface area (Å²) in [6.45, 7) is 6.69. The van der Waals surface area contributed by atoms with Crippen LogP contribution in [0.4, 0.5) is 0 Å². The van der Waals surface area contributed by atoms with Gasteiger partial charge in [-0.3, -0.25) is 4.90 Å². The fraction of sp³-hybridized carbons (Fsp3) is 1.00. The summed E-state index contributed by atoms with van der Waals surface area (Å²) in [5.41, 5.74) is 6.14. The lowest BCUT2D eigenvalue weighted by atomic mass is 9.97. The number of piperidine rings is 1. The third-order valence-electron chi connectivity index (χ3n) is 3.69. The number of nitrogens with zero attached hydrogens (tertiary/aromatic N) is 1. The van der Waals surface area contributed by atoms with Gasteiger partial charge in [0.2, 0.25) is 0 Å². The smallest absolute Gasteiger partial charge is 0.0746 e. The second-order valence-corrected chi connectivity index (χ2v) is 4.95. The van der Waals surface area contributed by atoms with Gasteiger partial charge >= 0.3 is 0 Å². The van der Waals surface area contributed by atoms with Crippen molar-refractivity contribution in [2.75, 3.05) is 20.2 Å². The first-order valence-corrected chi connectivity index (χ1v) is 6.75. The molecule has 0 amide bonds. The SMILES string of the molecule is CCCC(CCC)N1CC[C@H](OC)[C@H](N)C1. The van der Waals surface area contributed by atoms with Crippen molar-refractivity contribution in [3.63, 3.8) is 0 Å². The highest BCUT2D eigenvalue weighted by Gasteiger charge is 2.29. The van der Waals surface area contributed by atoms with Gasteiger partial charge in [0.1, 0.15) is 0 Å². The molecule has 1 heterocycles. The fourth-order valence-electron chi connectivity index (χ4n) is 2.79. The van der Waals surface area contributed by atoms with E-state index in [-0.39, 0.29) is 12.1 Å². The first-order valence-electron chi connectivity index (χ1n) is 6.75. The monoisotopic (exact) mass is 228 g/mol. The van der Waals surface area contributed by atoms with Gasteiger partial charge in [0.25, 0.3) is 0 Å². The Labute approximate surface area is 100 Å². The summed E-state index contributed by atoms with van der Waals surface area (Å²) >= 11 is 0. The maximum absolute atomic E-state index is 6.14. The van der Waals surface area contributed by atoms with Gasteiger partial charge in [-0.2, -0.15) is 0 Å². The third kappa shape index (κ3) is 3.72. The molecule has 0 aromatic carbocycles. The van der Waals surface area contributed by atoms with Crippen molar-refractivity contribution in [3.8, 4) is 0 Å². The normalized spacial score (nSPS) is 27.6. The molecule has 0 spiro atoms. The second-order valence-electron chi connectivity index (χ2n) is 4.95. The lowest BCUT2D eigenvalue weighted by Crippen LogP contribution is -2.54. The Hall–Kier alpha value is -0.120. The van der Waals surface area contributed by atoms with Crippen LogP contribution in [0.25, 0.3) is 0 Å². The van der Waals surface area contributed by atoms with Crippen LogP contribution >= 0.6 is 0 Å². The van der Waals surface area contributed by atoms with E-state index in [2.05, 4.69) is 18.7 Å². The Morgan fingerprint density at radius 2 is 1.94 bits per heavy atom. The van der Waals surface area contributed by atoms with E-state index in [0.29, 0.717) is 0 Å². The molecule has 1 rings (SSSR count). The van der Waals surface area contributed by atoms with Crippen molar-refractivity contribution >= 4 is 0 Å². The summed E-state index contributed by atoms with van der Waals surface area (Å²) in [6, 6.07) is 0.925. The molecule has 1 aliphatic rings. The molecule has 1 fully saturated rings. The van der Waals surface area contributed by atoms with E-state index in [1.165, 1.54) is 25.7 Å². The average Bonchev–Trinajstić information content (AvgIpc) is 2.28. The van der Waals surface area contributed by atoms with Crippen LogP contribution in [0.5, 0.6) is 0 Å². The summed E-state index contributed by atoms with van der Waals surface area (Å²) in [6.07, 6.45) is 6.49. The van der Waals surface area contributed by atoms with Crippen LogP contribution in [0.3, 0.4) is 0 Å². The number of hydrogen-bond donors (Lipinski definition) is 1. The zero-order valence-corrected chi connectivity index (χ0v) is 11.1. The standard InChI is InChI=1S/C13H28N2O/c1-4-6-11(7-5-2)15-9-8-13(16-3)12(14)10-15/h11-13H,4-10,14H2,1-3H3/t12-,13+/m1/s1. The Kier molecular flexibility index (Phi) is 6.32. The first-order chi connectivity index (χ1) is 7.72. The highest BCUT2D eigenvalue weighted by Crippen LogP contribution is 2.20. The molecule has 0 bridgehead atoms. The molecule has 2 atom stereocenters. The molecule has 96 valence electrons. The van der Waals surface area contributed by atoms with Crippen LogP contribution in [0.2, 0.25) is 0 Å². The van der Waals surface area contributed by atoms with Crippen molar-refractivity contribution in [3.05, 3.63) is 0 Å². The third-order valence-corrected chi connectivity index (χ3v) is 3.69. The maximum Gasteiger partial charge on any atom is 0.0746 e. The summed E-state index contributed by atoms with van der Waals surface area (Å²) in [4.78, 5) is 2.58. The van der Waals surface area contributed by atoms with Gasteiger partial charge in [0.05, 0.1) is 6.10 Å². The van der Waals surface area contributed by atoms with Gasteiger partial charge in [0.15, 0.2) is 0 Å². The topological polar surface area (TPSA) is 38.5 Å². The summed E-state index contributed by atoms with van der Waals surface area (Å²) in [7, 11) is 1.77. The van der Waals surface area contributed by atoms with Gasteiger partial charge in [-0.1, -0.05) is 26.7 Å². The van der Waals surface area contributed by atoms with E-state index in [9.17, 15) is 0 Å². The van der Waals surface area contributed by atoms with Crippen molar-refractivity contribution in [2.24, 2.45) is 5.73 Å². The summed E-state index contributed by atoms with van der Waals surface area (Å²) in [5.74, 6) is 0. The molecule has 0 saturated carbocycles. The quantitative estimate of drug-likeness (QED) is 0.756. The molecule has 0 aromatic heterocycles. The molecule has 0 aromatic rings. The Balaban J connectivity index is 2.46. The van der Waals surface area contributed by atoms with Gasteiger partial charge in [0, 0.05) is 32.3 Å². The van der Waals surface area contributed by atoms with E-state index < -0.39 is 0 Å². The zero-order chi connectivity index (χ0) is 12.0. The zero-order valence-electron chi connectivity index (χ0n) is 11.1. The molecule has 3 heteroatoms. The van der Waals surface area contributed by atoms with E-state index in [0.717, 1.165) is 25.6 Å². The minimum Gasteiger partial charge on any atom is -0.380 e. The van der Waals surface area contributed by atoms with Crippen molar-refractivity contribution in [2.45, 2.75) is 64.1 Å². The Morgan fingerprint density at radius 1 is 1.31 bits per heavy atom. The molecule has 3 nitrogen and oxygen atoms in total. The van der Waals surface area contributed by atoms with Crippen LogP contribution in [0.1, 0.15) is 46.0 Å². The predicted octanol–water partition coefficient (Wildman–Crippen LogP) is 2.00. The molecular formula is C13H28N2O. The molecule has 0 aliphatic carbocycles. The lowest BCUT2D eigenvalue weighted by Gasteiger charge is -2.40. The molecule has 0 unspecified atom stereocenters. The second kappa shape index (κ2) is 7.25.